The van der Waals surface area contributed by atoms with Gasteiger partial charge in [0.1, 0.15) is 0 Å². The summed E-state index contributed by atoms with van der Waals surface area (Å²) in [6.07, 6.45) is 5.05. The Morgan fingerprint density at radius 3 is 2.22 bits per heavy atom. The molecular weight excluding hydrogens is 362 g/mol. The first kappa shape index (κ1) is 19.1. The highest BCUT2D eigenvalue weighted by Crippen LogP contribution is 2.41. The highest BCUT2D eigenvalue weighted by atomic mass is 32.3. The number of anilines is 1. The molecule has 2 N–H and O–H groups in total. The summed E-state index contributed by atoms with van der Waals surface area (Å²) in [7, 11) is -2.38. The van der Waals surface area contributed by atoms with Crippen LogP contribution in [0.3, 0.4) is 0 Å². The fourth-order valence-corrected chi connectivity index (χ4v) is 5.47. The zero-order valence-electron chi connectivity index (χ0n) is 15.9. The molecule has 0 atom stereocenters. The summed E-state index contributed by atoms with van der Waals surface area (Å²) in [6.45, 7) is 5.07. The molecule has 0 spiro atoms. The van der Waals surface area contributed by atoms with E-state index in [2.05, 4.69) is 9.80 Å². The lowest BCUT2D eigenvalue weighted by Gasteiger charge is -2.41. The number of hydrogen-bond donors (Lipinski definition) is 2. The van der Waals surface area contributed by atoms with E-state index in [9.17, 15) is 13.9 Å². The molecule has 2 saturated heterocycles. The molecule has 2 aliphatic heterocycles. The van der Waals surface area contributed by atoms with Crippen molar-refractivity contribution in [2.24, 2.45) is 0 Å². The van der Waals surface area contributed by atoms with Crippen molar-refractivity contribution >= 4 is 22.2 Å². The van der Waals surface area contributed by atoms with Crippen molar-refractivity contribution in [2.45, 2.75) is 31.7 Å². The van der Waals surface area contributed by atoms with E-state index in [1.54, 1.807) is 0 Å². The third-order valence-corrected chi connectivity index (χ3v) is 7.94. The van der Waals surface area contributed by atoms with Crippen molar-refractivity contribution in [3.8, 4) is 0 Å². The van der Waals surface area contributed by atoms with Crippen LogP contribution in [0.2, 0.25) is 0 Å². The Bertz CT molecular complexity index is 653. The van der Waals surface area contributed by atoms with Crippen LogP contribution in [0.15, 0.2) is 24.3 Å². The number of benzene rings is 1. The summed E-state index contributed by atoms with van der Waals surface area (Å²) in [5.74, 6) is 0.989. The summed E-state index contributed by atoms with van der Waals surface area (Å²) in [6, 6.07) is 8.56. The maximum Gasteiger partial charge on any atom is 0.253 e. The Hall–Kier alpha value is -1.28. The Kier molecular flexibility index (Phi) is 5.64. The average molecular weight is 394 g/mol. The summed E-state index contributed by atoms with van der Waals surface area (Å²) >= 11 is 0. The number of hydrogen-bond acceptors (Lipinski definition) is 5. The topological polar surface area (TPSA) is 67.2 Å². The fraction of sp³-hybridized carbons (Fsp3) is 0.650. The van der Waals surface area contributed by atoms with Gasteiger partial charge in [0.2, 0.25) is 0 Å². The van der Waals surface area contributed by atoms with E-state index in [1.807, 2.05) is 29.2 Å². The molecule has 0 unspecified atom stereocenters. The van der Waals surface area contributed by atoms with Crippen LogP contribution in [0.4, 0.5) is 5.69 Å². The van der Waals surface area contributed by atoms with E-state index in [1.165, 1.54) is 19.3 Å². The van der Waals surface area contributed by atoms with Gasteiger partial charge in [0, 0.05) is 56.6 Å². The Balaban J connectivity index is 1.35. The Morgan fingerprint density at radius 1 is 0.889 bits per heavy atom. The van der Waals surface area contributed by atoms with Crippen molar-refractivity contribution in [3.05, 3.63) is 29.8 Å². The van der Waals surface area contributed by atoms with Gasteiger partial charge < -0.3 is 9.80 Å². The van der Waals surface area contributed by atoms with Gasteiger partial charge in [-0.1, -0.05) is 6.42 Å². The van der Waals surface area contributed by atoms with Crippen LogP contribution in [0.25, 0.3) is 0 Å². The second-order valence-electron chi connectivity index (χ2n) is 8.01. The second-order valence-corrected chi connectivity index (χ2v) is 10.4. The van der Waals surface area contributed by atoms with Gasteiger partial charge in [-0.15, -0.1) is 0 Å². The normalized spacial score (nSPS) is 25.6. The molecule has 7 heteroatoms. The zero-order valence-corrected chi connectivity index (χ0v) is 16.7. The molecule has 3 aliphatic rings. The maximum atomic E-state index is 12.9. The van der Waals surface area contributed by atoms with E-state index in [-0.39, 0.29) is 5.91 Å². The van der Waals surface area contributed by atoms with E-state index in [0.29, 0.717) is 24.6 Å². The Labute approximate surface area is 163 Å². The summed E-state index contributed by atoms with van der Waals surface area (Å²) in [4.78, 5) is 19.7. The smallest absolute Gasteiger partial charge is 0.253 e. The van der Waals surface area contributed by atoms with Gasteiger partial charge in [-0.25, -0.2) is 0 Å². The number of rotatable bonds is 3. The molecule has 2 heterocycles. The van der Waals surface area contributed by atoms with Gasteiger partial charge >= 0.3 is 0 Å². The fourth-order valence-electron chi connectivity index (χ4n) is 4.24. The minimum absolute atomic E-state index is 0.129. The molecule has 6 nitrogen and oxygen atoms in total. The standard InChI is InChI=1S/C20H31N3O3S/c24-20(23-10-2-9-21(11-12-23)18-3-1-4-18)17-5-7-19(8-6-17)22-13-15-27(25,26)16-14-22/h5-8,18,25-26H,1-4,9-16H2. The summed E-state index contributed by atoms with van der Waals surface area (Å²) < 4.78 is 19.5. The zero-order chi connectivity index (χ0) is 18.9. The highest BCUT2D eigenvalue weighted by molar-refractivity contribution is 8.24. The minimum atomic E-state index is -2.38. The molecule has 4 rings (SSSR count). The molecule has 3 fully saturated rings. The molecule has 0 aromatic heterocycles. The summed E-state index contributed by atoms with van der Waals surface area (Å²) in [5.41, 5.74) is 1.80. The van der Waals surface area contributed by atoms with Crippen molar-refractivity contribution in [2.75, 3.05) is 55.7 Å². The summed E-state index contributed by atoms with van der Waals surface area (Å²) in [5, 5.41) is 0. The number of carbonyl (C=O) groups excluding carboxylic acids is 1. The molecule has 0 radical (unpaired) electrons. The molecule has 1 aliphatic carbocycles. The van der Waals surface area contributed by atoms with Crippen LogP contribution >= 0.6 is 10.6 Å². The van der Waals surface area contributed by atoms with Crippen LogP contribution in [-0.2, 0) is 0 Å². The monoisotopic (exact) mass is 393 g/mol. The van der Waals surface area contributed by atoms with Gasteiger partial charge in [0.25, 0.3) is 5.91 Å². The van der Waals surface area contributed by atoms with E-state index in [4.69, 9.17) is 0 Å². The van der Waals surface area contributed by atoms with E-state index < -0.39 is 10.6 Å². The van der Waals surface area contributed by atoms with Crippen LogP contribution in [0, 0.1) is 0 Å². The third kappa shape index (κ3) is 4.42. The van der Waals surface area contributed by atoms with Crippen molar-refractivity contribution in [1.82, 2.24) is 9.80 Å². The van der Waals surface area contributed by atoms with Crippen molar-refractivity contribution in [3.63, 3.8) is 0 Å². The molecule has 1 saturated carbocycles. The lowest BCUT2D eigenvalue weighted by atomic mass is 9.91. The quantitative estimate of drug-likeness (QED) is 0.826. The molecule has 27 heavy (non-hydrogen) atoms. The molecule has 150 valence electrons. The third-order valence-electron chi connectivity index (χ3n) is 6.26. The van der Waals surface area contributed by atoms with Crippen LogP contribution < -0.4 is 4.90 Å². The van der Waals surface area contributed by atoms with Gasteiger partial charge in [-0.2, -0.15) is 10.6 Å². The molecule has 1 amide bonds. The van der Waals surface area contributed by atoms with Gasteiger partial charge in [-0.05, 0) is 43.5 Å². The van der Waals surface area contributed by atoms with Crippen molar-refractivity contribution in [1.29, 1.82) is 0 Å². The average Bonchev–Trinajstić information content (AvgIpc) is 2.86. The van der Waals surface area contributed by atoms with Gasteiger partial charge in [0.05, 0.1) is 11.5 Å². The molecular formula is C20H31N3O3S. The number of nitrogens with zero attached hydrogens (tertiary/aromatic N) is 3. The van der Waals surface area contributed by atoms with Gasteiger partial charge in [-0.3, -0.25) is 18.8 Å². The molecule has 1 aromatic carbocycles. The first-order valence-electron chi connectivity index (χ1n) is 10.1. The van der Waals surface area contributed by atoms with Crippen LogP contribution in [0.1, 0.15) is 36.0 Å². The first-order chi connectivity index (χ1) is 13.0. The molecule has 1 aromatic rings. The second kappa shape index (κ2) is 7.99. The van der Waals surface area contributed by atoms with Gasteiger partial charge in [0.15, 0.2) is 0 Å². The lowest BCUT2D eigenvalue weighted by molar-refractivity contribution is 0.0749. The number of carbonyl (C=O) groups is 1. The maximum absolute atomic E-state index is 12.9. The predicted octanol–water partition coefficient (Wildman–Crippen LogP) is 2.96. The number of amides is 1. The van der Waals surface area contributed by atoms with Crippen molar-refractivity contribution < 1.29 is 13.9 Å². The van der Waals surface area contributed by atoms with Crippen LogP contribution in [-0.4, -0.2) is 81.6 Å². The SMILES string of the molecule is O=C(c1ccc(N2CCS(O)(O)CC2)cc1)N1CCCN(C2CCC2)CC1. The van der Waals surface area contributed by atoms with E-state index >= 15 is 0 Å². The lowest BCUT2D eigenvalue weighted by Crippen LogP contribution is -2.42. The largest absolute Gasteiger partial charge is 0.368 e. The van der Waals surface area contributed by atoms with E-state index in [0.717, 1.165) is 49.9 Å². The predicted molar refractivity (Wildman–Crippen MR) is 111 cm³/mol. The molecule has 0 bridgehead atoms. The first-order valence-corrected chi connectivity index (χ1v) is 12.0. The Morgan fingerprint density at radius 2 is 1.59 bits per heavy atom. The minimum Gasteiger partial charge on any atom is -0.368 e. The van der Waals surface area contributed by atoms with Crippen LogP contribution in [0.5, 0.6) is 0 Å². The highest BCUT2D eigenvalue weighted by Gasteiger charge is 2.28.